The summed E-state index contributed by atoms with van der Waals surface area (Å²) in [4.78, 5) is 15.5. The molecule has 0 radical (unpaired) electrons. The van der Waals surface area contributed by atoms with Crippen molar-refractivity contribution in [3.8, 4) is 0 Å². The van der Waals surface area contributed by atoms with Crippen LogP contribution in [0.1, 0.15) is 19.8 Å². The Morgan fingerprint density at radius 3 is 2.71 bits per heavy atom. The molecule has 1 amide bonds. The fourth-order valence-corrected chi connectivity index (χ4v) is 1.74. The Kier molecular flexibility index (Phi) is 3.32. The highest BCUT2D eigenvalue weighted by Crippen LogP contribution is 2.21. The Hall–Kier alpha value is -0.830. The van der Waals surface area contributed by atoms with Gasteiger partial charge in [-0.15, -0.1) is 0 Å². The molecule has 0 spiro atoms. The lowest BCUT2D eigenvalue weighted by Gasteiger charge is -2.40. The molecule has 1 atom stereocenters. The van der Waals surface area contributed by atoms with Crippen LogP contribution >= 0.6 is 0 Å². The van der Waals surface area contributed by atoms with Crippen molar-refractivity contribution in [2.75, 3.05) is 27.7 Å². The first-order valence-electron chi connectivity index (χ1n) is 5.05. The minimum atomic E-state index is 0.0924. The molecule has 14 heavy (non-hydrogen) atoms. The fraction of sp³-hybridized carbons (Fsp3) is 0.727. The zero-order valence-corrected chi connectivity index (χ0v) is 9.58. The maximum Gasteiger partial charge on any atom is 0.246 e. The van der Waals surface area contributed by atoms with E-state index in [1.807, 2.05) is 13.1 Å². The predicted molar refractivity (Wildman–Crippen MR) is 58.1 cm³/mol. The molecule has 0 fully saturated rings. The Labute approximate surface area is 86.4 Å². The van der Waals surface area contributed by atoms with E-state index in [9.17, 15) is 4.79 Å². The zero-order chi connectivity index (χ0) is 10.8. The molecule has 1 aliphatic heterocycles. The summed E-state index contributed by atoms with van der Waals surface area (Å²) in [6, 6.07) is 0. The lowest BCUT2D eigenvalue weighted by atomic mass is 9.92. The Morgan fingerprint density at radius 1 is 1.50 bits per heavy atom. The summed E-state index contributed by atoms with van der Waals surface area (Å²) in [6.45, 7) is 3.00. The maximum absolute atomic E-state index is 11.5. The van der Waals surface area contributed by atoms with E-state index in [0.29, 0.717) is 0 Å². The van der Waals surface area contributed by atoms with Crippen LogP contribution in [-0.4, -0.2) is 48.9 Å². The second-order valence-electron chi connectivity index (χ2n) is 4.53. The van der Waals surface area contributed by atoms with Gasteiger partial charge in [0.15, 0.2) is 0 Å². The van der Waals surface area contributed by atoms with E-state index in [2.05, 4.69) is 25.9 Å². The summed E-state index contributed by atoms with van der Waals surface area (Å²) in [6.07, 6.45) is 5.72. The van der Waals surface area contributed by atoms with Gasteiger partial charge >= 0.3 is 0 Å². The van der Waals surface area contributed by atoms with Crippen LogP contribution in [-0.2, 0) is 4.79 Å². The molecule has 0 saturated carbocycles. The number of carbonyl (C=O) groups excluding carboxylic acids is 1. The van der Waals surface area contributed by atoms with Crippen molar-refractivity contribution in [3.05, 3.63) is 12.2 Å². The van der Waals surface area contributed by atoms with Gasteiger partial charge < -0.3 is 9.80 Å². The van der Waals surface area contributed by atoms with Crippen LogP contribution in [0.25, 0.3) is 0 Å². The molecule has 1 aliphatic rings. The van der Waals surface area contributed by atoms with Crippen LogP contribution in [0, 0.1) is 0 Å². The molecule has 0 aromatic carbocycles. The van der Waals surface area contributed by atoms with Gasteiger partial charge in [0.25, 0.3) is 0 Å². The average Bonchev–Trinajstić information content (AvgIpc) is 2.10. The van der Waals surface area contributed by atoms with E-state index in [1.165, 1.54) is 0 Å². The first kappa shape index (κ1) is 11.2. The largest absolute Gasteiger partial charge is 0.340 e. The summed E-state index contributed by atoms with van der Waals surface area (Å²) in [5.41, 5.74) is 0.0924. The maximum atomic E-state index is 11.5. The summed E-state index contributed by atoms with van der Waals surface area (Å²) in [5, 5.41) is 0. The van der Waals surface area contributed by atoms with Gasteiger partial charge in [0.05, 0.1) is 0 Å². The molecule has 3 heteroatoms. The minimum Gasteiger partial charge on any atom is -0.340 e. The molecule has 1 heterocycles. The van der Waals surface area contributed by atoms with E-state index in [0.717, 1.165) is 19.4 Å². The van der Waals surface area contributed by atoms with Gasteiger partial charge in [-0.2, -0.15) is 0 Å². The SMILES string of the molecule is CN1C[C@@](C)(N(C)C)CCC=CC1=O. The highest BCUT2D eigenvalue weighted by Gasteiger charge is 2.29. The molecule has 0 saturated heterocycles. The summed E-state index contributed by atoms with van der Waals surface area (Å²) in [7, 11) is 6.01. The van der Waals surface area contributed by atoms with Crippen LogP contribution in [0.3, 0.4) is 0 Å². The van der Waals surface area contributed by atoms with Crippen LogP contribution in [0.15, 0.2) is 12.2 Å². The molecule has 0 unspecified atom stereocenters. The summed E-state index contributed by atoms with van der Waals surface area (Å²) in [5.74, 6) is 0.109. The number of carbonyl (C=O) groups is 1. The van der Waals surface area contributed by atoms with Gasteiger partial charge in [-0.3, -0.25) is 4.79 Å². The molecule has 80 valence electrons. The molecule has 1 rings (SSSR count). The van der Waals surface area contributed by atoms with Crippen molar-refractivity contribution in [2.45, 2.75) is 25.3 Å². The Bertz CT molecular complexity index is 248. The second-order valence-corrected chi connectivity index (χ2v) is 4.53. The molecular weight excluding hydrogens is 176 g/mol. The molecule has 0 aromatic heterocycles. The quantitative estimate of drug-likeness (QED) is 0.627. The van der Waals surface area contributed by atoms with Crippen molar-refractivity contribution in [1.29, 1.82) is 0 Å². The molecule has 0 aliphatic carbocycles. The number of amides is 1. The Morgan fingerprint density at radius 2 is 2.14 bits per heavy atom. The highest BCUT2D eigenvalue weighted by molar-refractivity contribution is 5.87. The van der Waals surface area contributed by atoms with Gasteiger partial charge in [-0.25, -0.2) is 0 Å². The molecule has 0 N–H and O–H groups in total. The van der Waals surface area contributed by atoms with Crippen LogP contribution < -0.4 is 0 Å². The molecular formula is C11H20N2O. The number of hydrogen-bond donors (Lipinski definition) is 0. The van der Waals surface area contributed by atoms with Crippen molar-refractivity contribution < 1.29 is 4.79 Å². The van der Waals surface area contributed by atoms with Crippen LogP contribution in [0.2, 0.25) is 0 Å². The third-order valence-corrected chi connectivity index (χ3v) is 3.14. The van der Waals surface area contributed by atoms with E-state index < -0.39 is 0 Å². The van der Waals surface area contributed by atoms with Gasteiger partial charge in [0.1, 0.15) is 0 Å². The lowest BCUT2D eigenvalue weighted by molar-refractivity contribution is -0.126. The van der Waals surface area contributed by atoms with Crippen LogP contribution in [0.4, 0.5) is 0 Å². The number of likely N-dealkylation sites (N-methyl/N-ethyl adjacent to an activating group) is 2. The first-order chi connectivity index (χ1) is 6.46. The van der Waals surface area contributed by atoms with Gasteiger partial charge in [-0.1, -0.05) is 6.08 Å². The molecule has 0 bridgehead atoms. The van der Waals surface area contributed by atoms with Crippen LogP contribution in [0.5, 0.6) is 0 Å². The van der Waals surface area contributed by atoms with Gasteiger partial charge in [0, 0.05) is 19.1 Å². The number of nitrogens with zero attached hydrogens (tertiary/aromatic N) is 2. The smallest absolute Gasteiger partial charge is 0.246 e. The normalized spacial score (nSPS) is 29.2. The van der Waals surface area contributed by atoms with E-state index in [-0.39, 0.29) is 11.4 Å². The van der Waals surface area contributed by atoms with Crippen molar-refractivity contribution >= 4 is 5.91 Å². The number of hydrogen-bond acceptors (Lipinski definition) is 2. The highest BCUT2D eigenvalue weighted by atomic mass is 16.2. The minimum absolute atomic E-state index is 0.0924. The number of rotatable bonds is 1. The van der Waals surface area contributed by atoms with E-state index in [4.69, 9.17) is 0 Å². The second kappa shape index (κ2) is 4.13. The Balaban J connectivity index is 2.82. The predicted octanol–water partition coefficient (Wildman–Crippen LogP) is 1.12. The van der Waals surface area contributed by atoms with E-state index in [1.54, 1.807) is 11.0 Å². The van der Waals surface area contributed by atoms with Crippen molar-refractivity contribution in [2.24, 2.45) is 0 Å². The average molecular weight is 196 g/mol. The van der Waals surface area contributed by atoms with Crippen molar-refractivity contribution in [3.63, 3.8) is 0 Å². The summed E-state index contributed by atoms with van der Waals surface area (Å²) >= 11 is 0. The number of allylic oxidation sites excluding steroid dienone is 1. The third kappa shape index (κ3) is 2.35. The van der Waals surface area contributed by atoms with Gasteiger partial charge in [0.2, 0.25) is 5.91 Å². The molecule has 0 aromatic rings. The molecule has 3 nitrogen and oxygen atoms in total. The monoisotopic (exact) mass is 196 g/mol. The van der Waals surface area contributed by atoms with Gasteiger partial charge in [-0.05, 0) is 39.9 Å². The first-order valence-corrected chi connectivity index (χ1v) is 5.05. The van der Waals surface area contributed by atoms with E-state index >= 15 is 0 Å². The standard InChI is InChI=1S/C11H20N2O/c1-11(12(2)3)8-6-5-7-10(14)13(4)9-11/h5,7H,6,8-9H2,1-4H3/t11-/m0/s1. The summed E-state index contributed by atoms with van der Waals surface area (Å²) < 4.78 is 0. The zero-order valence-electron chi connectivity index (χ0n) is 9.58. The fourth-order valence-electron chi connectivity index (χ4n) is 1.74. The lowest BCUT2D eigenvalue weighted by Crippen LogP contribution is -2.51. The third-order valence-electron chi connectivity index (χ3n) is 3.14. The topological polar surface area (TPSA) is 23.6 Å². The van der Waals surface area contributed by atoms with Crippen molar-refractivity contribution in [1.82, 2.24) is 9.80 Å².